The van der Waals surface area contributed by atoms with Gasteiger partial charge in [0.25, 0.3) is 0 Å². The first-order valence-corrected chi connectivity index (χ1v) is 6.35. The Bertz CT molecular complexity index is 379. The van der Waals surface area contributed by atoms with Gasteiger partial charge in [0.2, 0.25) is 5.91 Å². The standard InChI is InChI=1S/C12H16F3NO3/c13-12(14,15)4-3-10(17)16-5-8(7-1-2-7)9(6-16)11(18)19/h7-9H,1-6H2,(H,18,19)/t8-,9+/m1/s1. The van der Waals surface area contributed by atoms with Crippen molar-refractivity contribution in [2.45, 2.75) is 31.9 Å². The van der Waals surface area contributed by atoms with Crippen LogP contribution >= 0.6 is 0 Å². The molecule has 1 saturated carbocycles. The molecule has 108 valence electrons. The minimum absolute atomic E-state index is 0.0488. The normalized spacial score (nSPS) is 27.6. The van der Waals surface area contributed by atoms with Gasteiger partial charge in [0.05, 0.1) is 12.3 Å². The first-order chi connectivity index (χ1) is 8.78. The van der Waals surface area contributed by atoms with Gasteiger partial charge in [-0.15, -0.1) is 0 Å². The van der Waals surface area contributed by atoms with Gasteiger partial charge in [0, 0.05) is 19.5 Å². The van der Waals surface area contributed by atoms with Crippen molar-refractivity contribution in [1.82, 2.24) is 4.90 Å². The number of carboxylic acid groups (broad SMARTS) is 1. The Kier molecular flexibility index (Phi) is 3.73. The molecule has 1 aliphatic heterocycles. The summed E-state index contributed by atoms with van der Waals surface area (Å²) in [7, 11) is 0. The third kappa shape index (κ3) is 3.61. The van der Waals surface area contributed by atoms with Gasteiger partial charge in [0.1, 0.15) is 0 Å². The molecule has 0 radical (unpaired) electrons. The Labute approximate surface area is 108 Å². The lowest BCUT2D eigenvalue weighted by Gasteiger charge is -2.16. The summed E-state index contributed by atoms with van der Waals surface area (Å²) in [5.74, 6) is -1.94. The van der Waals surface area contributed by atoms with Crippen LogP contribution in [-0.2, 0) is 9.59 Å². The molecule has 0 aromatic carbocycles. The van der Waals surface area contributed by atoms with Gasteiger partial charge in [-0.05, 0) is 24.7 Å². The average Bonchev–Trinajstić information content (AvgIpc) is 3.03. The van der Waals surface area contributed by atoms with Crippen LogP contribution in [0, 0.1) is 17.8 Å². The fourth-order valence-corrected chi connectivity index (χ4v) is 2.70. The van der Waals surface area contributed by atoms with Gasteiger partial charge in [-0.3, -0.25) is 9.59 Å². The smallest absolute Gasteiger partial charge is 0.389 e. The maximum Gasteiger partial charge on any atom is 0.389 e. The molecule has 1 heterocycles. The van der Waals surface area contributed by atoms with Crippen LogP contribution < -0.4 is 0 Å². The quantitative estimate of drug-likeness (QED) is 0.855. The van der Waals surface area contributed by atoms with Crippen molar-refractivity contribution < 1.29 is 27.9 Å². The number of carbonyl (C=O) groups is 2. The number of carboxylic acids is 1. The predicted octanol–water partition coefficient (Wildman–Crippen LogP) is 1.90. The van der Waals surface area contributed by atoms with Crippen molar-refractivity contribution in [1.29, 1.82) is 0 Å². The molecule has 2 atom stereocenters. The molecule has 1 amide bonds. The molecule has 0 unspecified atom stereocenters. The van der Waals surface area contributed by atoms with E-state index in [-0.39, 0.29) is 12.5 Å². The molecule has 2 rings (SSSR count). The van der Waals surface area contributed by atoms with Crippen LogP contribution in [0.4, 0.5) is 13.2 Å². The maximum absolute atomic E-state index is 12.1. The highest BCUT2D eigenvalue weighted by atomic mass is 19.4. The summed E-state index contributed by atoms with van der Waals surface area (Å²) in [4.78, 5) is 24.1. The lowest BCUT2D eigenvalue weighted by atomic mass is 9.92. The summed E-state index contributed by atoms with van der Waals surface area (Å²) in [5, 5.41) is 9.10. The Balaban J connectivity index is 1.91. The molecule has 7 heteroatoms. The van der Waals surface area contributed by atoms with Crippen LogP contribution in [-0.4, -0.2) is 41.1 Å². The van der Waals surface area contributed by atoms with E-state index < -0.39 is 36.8 Å². The summed E-state index contributed by atoms with van der Waals surface area (Å²) in [6.07, 6.45) is -4.17. The number of rotatable bonds is 4. The van der Waals surface area contributed by atoms with Crippen LogP contribution in [0.25, 0.3) is 0 Å². The minimum atomic E-state index is -4.35. The van der Waals surface area contributed by atoms with Crippen LogP contribution in [0.15, 0.2) is 0 Å². The van der Waals surface area contributed by atoms with Crippen molar-refractivity contribution in [2.24, 2.45) is 17.8 Å². The third-order valence-electron chi connectivity index (χ3n) is 3.88. The lowest BCUT2D eigenvalue weighted by molar-refractivity contribution is -0.149. The van der Waals surface area contributed by atoms with Crippen LogP contribution in [0.5, 0.6) is 0 Å². The number of halogens is 3. The van der Waals surface area contributed by atoms with Gasteiger partial charge in [0.15, 0.2) is 0 Å². The molecule has 19 heavy (non-hydrogen) atoms. The summed E-state index contributed by atoms with van der Waals surface area (Å²) in [6.45, 7) is 0.339. The van der Waals surface area contributed by atoms with Gasteiger partial charge < -0.3 is 10.0 Å². The lowest BCUT2D eigenvalue weighted by Crippen LogP contribution is -2.30. The number of aliphatic carboxylic acids is 1. The molecule has 1 N–H and O–H groups in total. The van der Waals surface area contributed by atoms with E-state index in [1.54, 1.807) is 0 Å². The second kappa shape index (κ2) is 5.02. The van der Waals surface area contributed by atoms with E-state index in [1.807, 2.05) is 0 Å². The van der Waals surface area contributed by atoms with Crippen molar-refractivity contribution >= 4 is 11.9 Å². The Hall–Kier alpha value is -1.27. The molecular weight excluding hydrogens is 263 g/mol. The SMILES string of the molecule is O=C(O)[C@H]1CN(C(=O)CCC(F)(F)F)C[C@@H]1C1CC1. The molecule has 1 aliphatic carbocycles. The largest absolute Gasteiger partial charge is 0.481 e. The van der Waals surface area contributed by atoms with Crippen LogP contribution in [0.1, 0.15) is 25.7 Å². The topological polar surface area (TPSA) is 57.6 Å². The Morgan fingerprint density at radius 2 is 1.84 bits per heavy atom. The van der Waals surface area contributed by atoms with Crippen molar-refractivity contribution in [3.63, 3.8) is 0 Å². The number of likely N-dealkylation sites (tertiary alicyclic amines) is 1. The molecule has 0 spiro atoms. The van der Waals surface area contributed by atoms with Crippen LogP contribution in [0.3, 0.4) is 0 Å². The Morgan fingerprint density at radius 3 is 2.32 bits per heavy atom. The summed E-state index contributed by atoms with van der Waals surface area (Å²) in [6, 6.07) is 0. The molecule has 2 fully saturated rings. The predicted molar refractivity (Wildman–Crippen MR) is 59.2 cm³/mol. The van der Waals surface area contributed by atoms with E-state index in [9.17, 15) is 22.8 Å². The highest BCUT2D eigenvalue weighted by molar-refractivity contribution is 5.79. The van der Waals surface area contributed by atoms with E-state index >= 15 is 0 Å². The monoisotopic (exact) mass is 279 g/mol. The number of carbonyl (C=O) groups excluding carboxylic acids is 1. The molecule has 1 saturated heterocycles. The van der Waals surface area contributed by atoms with Gasteiger partial charge in [-0.25, -0.2) is 0 Å². The average molecular weight is 279 g/mol. The zero-order valence-corrected chi connectivity index (χ0v) is 10.3. The van der Waals surface area contributed by atoms with Gasteiger partial charge >= 0.3 is 12.1 Å². The van der Waals surface area contributed by atoms with Gasteiger partial charge in [-0.2, -0.15) is 13.2 Å². The van der Waals surface area contributed by atoms with E-state index in [1.165, 1.54) is 4.90 Å². The highest BCUT2D eigenvalue weighted by Gasteiger charge is 2.46. The zero-order chi connectivity index (χ0) is 14.2. The Morgan fingerprint density at radius 1 is 1.21 bits per heavy atom. The van der Waals surface area contributed by atoms with Crippen molar-refractivity contribution in [3.8, 4) is 0 Å². The second-order valence-corrected chi connectivity index (χ2v) is 5.36. The van der Waals surface area contributed by atoms with Crippen molar-refractivity contribution in [2.75, 3.05) is 13.1 Å². The first kappa shape index (κ1) is 14.1. The number of amides is 1. The molecule has 0 bridgehead atoms. The van der Waals surface area contributed by atoms with E-state index in [0.29, 0.717) is 12.5 Å². The summed E-state index contributed by atoms with van der Waals surface area (Å²) < 4.78 is 36.2. The molecular formula is C12H16F3NO3. The molecule has 0 aromatic heterocycles. The summed E-state index contributed by atoms with van der Waals surface area (Å²) >= 11 is 0. The fourth-order valence-electron chi connectivity index (χ4n) is 2.70. The van der Waals surface area contributed by atoms with E-state index in [0.717, 1.165) is 12.8 Å². The van der Waals surface area contributed by atoms with E-state index in [2.05, 4.69) is 0 Å². The summed E-state index contributed by atoms with van der Waals surface area (Å²) in [5.41, 5.74) is 0. The fraction of sp³-hybridized carbons (Fsp3) is 0.833. The van der Waals surface area contributed by atoms with E-state index in [4.69, 9.17) is 5.11 Å². The first-order valence-electron chi connectivity index (χ1n) is 6.35. The highest BCUT2D eigenvalue weighted by Crippen LogP contribution is 2.44. The number of hydrogen-bond acceptors (Lipinski definition) is 2. The van der Waals surface area contributed by atoms with Crippen LogP contribution in [0.2, 0.25) is 0 Å². The third-order valence-corrected chi connectivity index (χ3v) is 3.88. The number of alkyl halides is 3. The molecule has 2 aliphatic rings. The van der Waals surface area contributed by atoms with Gasteiger partial charge in [-0.1, -0.05) is 0 Å². The zero-order valence-electron chi connectivity index (χ0n) is 10.3. The number of nitrogens with zero attached hydrogens (tertiary/aromatic N) is 1. The second-order valence-electron chi connectivity index (χ2n) is 5.36. The number of hydrogen-bond donors (Lipinski definition) is 1. The minimum Gasteiger partial charge on any atom is -0.481 e. The molecule has 0 aromatic rings. The maximum atomic E-state index is 12.1. The molecule has 4 nitrogen and oxygen atoms in total. The van der Waals surface area contributed by atoms with Crippen molar-refractivity contribution in [3.05, 3.63) is 0 Å².